The van der Waals surface area contributed by atoms with Crippen LogP contribution in [0.2, 0.25) is 0 Å². The fraction of sp³-hybridized carbons (Fsp3) is 0.200. The molecule has 0 fully saturated rings. The van der Waals surface area contributed by atoms with Crippen LogP contribution >= 0.6 is 0 Å². The van der Waals surface area contributed by atoms with Crippen LogP contribution in [0.4, 0.5) is 0 Å². The summed E-state index contributed by atoms with van der Waals surface area (Å²) in [6, 6.07) is 7.89. The first-order chi connectivity index (χ1) is 6.90. The molecule has 1 N–H and O–H groups in total. The van der Waals surface area contributed by atoms with E-state index in [4.69, 9.17) is 4.74 Å². The fourth-order valence-corrected chi connectivity index (χ4v) is 1.35. The summed E-state index contributed by atoms with van der Waals surface area (Å²) in [6.07, 6.45) is 2.45. The molecular weight excluding hydrogens is 178 g/mol. The highest BCUT2D eigenvalue weighted by atomic mass is 16.5. The van der Waals surface area contributed by atoms with Gasteiger partial charge in [0.2, 0.25) is 0 Å². The highest BCUT2D eigenvalue weighted by molar-refractivity contribution is 5.35. The van der Waals surface area contributed by atoms with Crippen molar-refractivity contribution in [3.8, 4) is 5.75 Å². The average molecular weight is 189 g/mol. The van der Waals surface area contributed by atoms with Gasteiger partial charge in [0.25, 0.3) is 0 Å². The highest BCUT2D eigenvalue weighted by Gasteiger charge is 2.04. The van der Waals surface area contributed by atoms with Crippen LogP contribution in [-0.4, -0.2) is 22.5 Å². The Bertz CT molecular complexity index is 398. The lowest BCUT2D eigenvalue weighted by Gasteiger charge is -2.05. The van der Waals surface area contributed by atoms with E-state index in [-0.39, 0.29) is 0 Å². The molecule has 0 aliphatic carbocycles. The number of H-pyrrole nitrogens is 1. The van der Waals surface area contributed by atoms with Gasteiger partial charge in [-0.2, -0.15) is 15.4 Å². The molecule has 14 heavy (non-hydrogen) atoms. The maximum absolute atomic E-state index is 5.24. The molecule has 0 radical (unpaired) electrons. The third-order valence-electron chi connectivity index (χ3n) is 2.03. The summed E-state index contributed by atoms with van der Waals surface area (Å²) in [4.78, 5) is 0. The van der Waals surface area contributed by atoms with Crippen LogP contribution in [-0.2, 0) is 6.42 Å². The molecule has 0 saturated carbocycles. The van der Waals surface area contributed by atoms with Crippen LogP contribution < -0.4 is 4.74 Å². The van der Waals surface area contributed by atoms with Crippen LogP contribution in [0.15, 0.2) is 30.5 Å². The predicted molar refractivity (Wildman–Crippen MR) is 52.2 cm³/mol. The molecule has 4 heteroatoms. The maximum atomic E-state index is 5.24. The van der Waals surface area contributed by atoms with Gasteiger partial charge in [0.15, 0.2) is 0 Å². The first-order valence-electron chi connectivity index (χ1n) is 4.36. The highest BCUT2D eigenvalue weighted by Crippen LogP contribution is 2.19. The van der Waals surface area contributed by atoms with Crippen LogP contribution in [0, 0.1) is 0 Å². The summed E-state index contributed by atoms with van der Waals surface area (Å²) in [6.45, 7) is 0. The summed E-state index contributed by atoms with van der Waals surface area (Å²) in [7, 11) is 1.67. The Morgan fingerprint density at radius 1 is 1.36 bits per heavy atom. The number of nitrogens with zero attached hydrogens (tertiary/aromatic N) is 2. The van der Waals surface area contributed by atoms with Gasteiger partial charge in [-0.1, -0.05) is 18.2 Å². The summed E-state index contributed by atoms with van der Waals surface area (Å²) in [5.74, 6) is 0.885. The molecule has 1 heterocycles. The van der Waals surface area contributed by atoms with Gasteiger partial charge in [0.1, 0.15) is 5.75 Å². The lowest BCUT2D eigenvalue weighted by molar-refractivity contribution is 0.410. The molecule has 1 aromatic heterocycles. The Hall–Kier alpha value is -1.84. The van der Waals surface area contributed by atoms with Gasteiger partial charge in [-0.05, 0) is 6.07 Å². The Balaban J connectivity index is 2.24. The molecule has 1 aromatic carbocycles. The molecule has 0 aliphatic heterocycles. The fourth-order valence-electron chi connectivity index (χ4n) is 1.35. The van der Waals surface area contributed by atoms with Gasteiger partial charge in [0, 0.05) is 12.0 Å². The minimum absolute atomic E-state index is 0.737. The van der Waals surface area contributed by atoms with E-state index >= 15 is 0 Å². The van der Waals surface area contributed by atoms with Gasteiger partial charge >= 0.3 is 0 Å². The van der Waals surface area contributed by atoms with Crippen LogP contribution in [0.25, 0.3) is 0 Å². The van der Waals surface area contributed by atoms with Crippen molar-refractivity contribution in [1.29, 1.82) is 0 Å². The van der Waals surface area contributed by atoms with Crippen molar-refractivity contribution in [1.82, 2.24) is 15.4 Å². The second-order valence-corrected chi connectivity index (χ2v) is 2.95. The van der Waals surface area contributed by atoms with E-state index in [0.29, 0.717) is 0 Å². The molecular formula is C10H11N3O. The maximum Gasteiger partial charge on any atom is 0.122 e. The summed E-state index contributed by atoms with van der Waals surface area (Å²) < 4.78 is 5.24. The number of aromatic amines is 1. The van der Waals surface area contributed by atoms with Gasteiger partial charge < -0.3 is 4.74 Å². The van der Waals surface area contributed by atoms with Gasteiger partial charge in [-0.3, -0.25) is 0 Å². The predicted octanol–water partition coefficient (Wildman–Crippen LogP) is 1.40. The molecule has 0 unspecified atom stereocenters. The SMILES string of the molecule is COc1ccccc1Cc1cn[nH]n1. The van der Waals surface area contributed by atoms with E-state index in [1.54, 1.807) is 13.3 Å². The molecule has 2 aromatic rings. The number of aromatic nitrogens is 3. The summed E-state index contributed by atoms with van der Waals surface area (Å²) in [5, 5.41) is 10.3. The van der Waals surface area contributed by atoms with E-state index < -0.39 is 0 Å². The first kappa shape index (κ1) is 8.74. The van der Waals surface area contributed by atoms with Crippen molar-refractivity contribution < 1.29 is 4.74 Å². The Morgan fingerprint density at radius 2 is 2.21 bits per heavy atom. The lowest BCUT2D eigenvalue weighted by Crippen LogP contribution is -1.93. The number of rotatable bonds is 3. The smallest absolute Gasteiger partial charge is 0.122 e. The second-order valence-electron chi connectivity index (χ2n) is 2.95. The topological polar surface area (TPSA) is 50.8 Å². The molecule has 0 saturated heterocycles. The molecule has 0 atom stereocenters. The van der Waals surface area contributed by atoms with Gasteiger partial charge in [-0.15, -0.1) is 0 Å². The number of methoxy groups -OCH3 is 1. The molecule has 0 amide bonds. The van der Waals surface area contributed by atoms with Crippen LogP contribution in [0.5, 0.6) is 5.75 Å². The van der Waals surface area contributed by atoms with Gasteiger partial charge in [0.05, 0.1) is 19.0 Å². The molecule has 0 spiro atoms. The number of para-hydroxylation sites is 1. The van der Waals surface area contributed by atoms with Crippen molar-refractivity contribution in [2.75, 3.05) is 7.11 Å². The third-order valence-corrected chi connectivity index (χ3v) is 2.03. The Morgan fingerprint density at radius 3 is 2.93 bits per heavy atom. The first-order valence-corrected chi connectivity index (χ1v) is 4.36. The third kappa shape index (κ3) is 1.74. The van der Waals surface area contributed by atoms with Crippen molar-refractivity contribution in [2.24, 2.45) is 0 Å². The number of hydrogen-bond acceptors (Lipinski definition) is 3. The standard InChI is InChI=1S/C10H11N3O/c1-14-10-5-3-2-4-8(10)6-9-7-11-13-12-9/h2-5,7H,6H2,1H3,(H,11,12,13). The second kappa shape index (κ2) is 3.91. The summed E-state index contributed by atoms with van der Waals surface area (Å²) in [5.41, 5.74) is 2.03. The number of nitrogens with one attached hydrogen (secondary N) is 1. The lowest BCUT2D eigenvalue weighted by atomic mass is 10.1. The van der Waals surface area contributed by atoms with Crippen LogP contribution in [0.3, 0.4) is 0 Å². The minimum Gasteiger partial charge on any atom is -0.496 e. The molecule has 2 rings (SSSR count). The van der Waals surface area contributed by atoms with E-state index in [1.165, 1.54) is 0 Å². The molecule has 4 nitrogen and oxygen atoms in total. The zero-order valence-corrected chi connectivity index (χ0v) is 7.90. The molecule has 0 aliphatic rings. The van der Waals surface area contributed by atoms with Crippen molar-refractivity contribution >= 4 is 0 Å². The monoisotopic (exact) mass is 189 g/mol. The average Bonchev–Trinajstić information content (AvgIpc) is 2.71. The Labute approximate surface area is 81.9 Å². The van der Waals surface area contributed by atoms with Crippen LogP contribution in [0.1, 0.15) is 11.3 Å². The molecule has 72 valence electrons. The van der Waals surface area contributed by atoms with Gasteiger partial charge in [-0.25, -0.2) is 0 Å². The zero-order valence-electron chi connectivity index (χ0n) is 7.90. The Kier molecular flexibility index (Phi) is 2.44. The normalized spacial score (nSPS) is 10.1. The number of benzene rings is 1. The van der Waals surface area contributed by atoms with E-state index in [9.17, 15) is 0 Å². The summed E-state index contributed by atoms with van der Waals surface area (Å²) >= 11 is 0. The van der Waals surface area contributed by atoms with E-state index in [1.807, 2.05) is 24.3 Å². The largest absolute Gasteiger partial charge is 0.496 e. The van der Waals surface area contributed by atoms with Crippen molar-refractivity contribution in [3.63, 3.8) is 0 Å². The van der Waals surface area contributed by atoms with E-state index in [0.717, 1.165) is 23.4 Å². The quantitative estimate of drug-likeness (QED) is 0.794. The zero-order chi connectivity index (χ0) is 9.80. The number of ether oxygens (including phenoxy) is 1. The minimum atomic E-state index is 0.737. The van der Waals surface area contributed by atoms with E-state index in [2.05, 4.69) is 15.4 Å². The van der Waals surface area contributed by atoms with Crippen molar-refractivity contribution in [3.05, 3.63) is 41.7 Å². The molecule has 0 bridgehead atoms. The van der Waals surface area contributed by atoms with Crippen molar-refractivity contribution in [2.45, 2.75) is 6.42 Å². The number of hydrogen-bond donors (Lipinski definition) is 1.